The fourth-order valence-corrected chi connectivity index (χ4v) is 4.64. The number of amides is 1. The lowest BCUT2D eigenvalue weighted by Crippen LogP contribution is -2.35. The summed E-state index contributed by atoms with van der Waals surface area (Å²) < 4.78 is 38.7. The van der Waals surface area contributed by atoms with Crippen molar-refractivity contribution in [2.75, 3.05) is 26.8 Å². The highest BCUT2D eigenvalue weighted by Crippen LogP contribution is 2.49. The van der Waals surface area contributed by atoms with Crippen molar-refractivity contribution in [3.63, 3.8) is 0 Å². The SMILES string of the molecule is COCC(=O)N[C@@H]1c2ccccc2[C@@H]2CN(Cc3cc(C)nn3C)C[C@H]12.O=C(O)C(F)(F)F. The molecule has 4 rings (SSSR count). The van der Waals surface area contributed by atoms with Crippen molar-refractivity contribution >= 4 is 11.9 Å². The molecule has 1 amide bonds. The predicted molar refractivity (Wildman–Crippen MR) is 112 cm³/mol. The van der Waals surface area contributed by atoms with Crippen LogP contribution in [0.5, 0.6) is 0 Å². The number of carboxylic acids is 1. The quantitative estimate of drug-likeness (QED) is 0.700. The smallest absolute Gasteiger partial charge is 0.475 e. The molecule has 2 N–H and O–H groups in total. The molecule has 2 aromatic rings. The van der Waals surface area contributed by atoms with Crippen LogP contribution in [0.1, 0.15) is 34.5 Å². The molecule has 1 aromatic carbocycles. The van der Waals surface area contributed by atoms with Gasteiger partial charge in [0.2, 0.25) is 5.91 Å². The van der Waals surface area contributed by atoms with Crippen molar-refractivity contribution < 1.29 is 32.6 Å². The van der Waals surface area contributed by atoms with E-state index < -0.39 is 12.1 Å². The Morgan fingerprint density at radius 2 is 1.88 bits per heavy atom. The molecule has 2 aliphatic rings. The number of nitrogens with zero attached hydrogens (tertiary/aromatic N) is 3. The molecule has 1 aliphatic heterocycles. The zero-order valence-electron chi connectivity index (χ0n) is 18.6. The maximum atomic E-state index is 12.2. The van der Waals surface area contributed by atoms with E-state index in [0.717, 1.165) is 25.3 Å². The molecule has 1 saturated heterocycles. The van der Waals surface area contributed by atoms with E-state index in [4.69, 9.17) is 14.6 Å². The summed E-state index contributed by atoms with van der Waals surface area (Å²) in [7, 11) is 3.56. The molecule has 8 nitrogen and oxygen atoms in total. The molecule has 0 saturated carbocycles. The summed E-state index contributed by atoms with van der Waals surface area (Å²) in [5.74, 6) is -1.93. The number of rotatable bonds is 5. The fourth-order valence-electron chi connectivity index (χ4n) is 4.64. The van der Waals surface area contributed by atoms with Crippen LogP contribution in [0, 0.1) is 12.8 Å². The minimum atomic E-state index is -5.08. The second-order valence-corrected chi connectivity index (χ2v) is 8.28. The van der Waals surface area contributed by atoms with Crippen molar-refractivity contribution in [1.82, 2.24) is 20.0 Å². The summed E-state index contributed by atoms with van der Waals surface area (Å²) in [6.45, 7) is 5.02. The third-order valence-electron chi connectivity index (χ3n) is 5.92. The van der Waals surface area contributed by atoms with Crippen LogP contribution in [0.25, 0.3) is 0 Å². The van der Waals surface area contributed by atoms with Crippen molar-refractivity contribution in [1.29, 1.82) is 0 Å². The fraction of sp³-hybridized carbons (Fsp3) is 0.500. The number of benzene rings is 1. The first kappa shape index (κ1) is 24.7. The van der Waals surface area contributed by atoms with Gasteiger partial charge in [0.25, 0.3) is 0 Å². The number of hydrogen-bond acceptors (Lipinski definition) is 5. The number of aryl methyl sites for hydroxylation is 2. The van der Waals surface area contributed by atoms with Gasteiger partial charge < -0.3 is 15.2 Å². The third kappa shape index (κ3) is 5.72. The number of carbonyl (C=O) groups excluding carboxylic acids is 1. The highest BCUT2D eigenvalue weighted by Gasteiger charge is 2.46. The van der Waals surface area contributed by atoms with Gasteiger partial charge in [-0.3, -0.25) is 14.4 Å². The van der Waals surface area contributed by atoms with Crippen LogP contribution in [0.2, 0.25) is 0 Å². The molecule has 2 heterocycles. The maximum Gasteiger partial charge on any atom is 0.490 e. The number of ether oxygens (including phenoxy) is 1. The molecule has 1 aliphatic carbocycles. The zero-order valence-corrected chi connectivity index (χ0v) is 18.6. The third-order valence-corrected chi connectivity index (χ3v) is 5.92. The molecule has 180 valence electrons. The van der Waals surface area contributed by atoms with E-state index in [9.17, 15) is 18.0 Å². The van der Waals surface area contributed by atoms with Gasteiger partial charge in [-0.15, -0.1) is 0 Å². The average molecular weight is 468 g/mol. The van der Waals surface area contributed by atoms with Crippen LogP contribution in [-0.2, 0) is 27.9 Å². The van der Waals surface area contributed by atoms with Gasteiger partial charge in [0.1, 0.15) is 6.61 Å². The summed E-state index contributed by atoms with van der Waals surface area (Å²) in [5.41, 5.74) is 4.93. The minimum Gasteiger partial charge on any atom is -0.475 e. The number of hydrogen-bond donors (Lipinski definition) is 2. The molecule has 0 radical (unpaired) electrons. The van der Waals surface area contributed by atoms with Gasteiger partial charge in [-0.25, -0.2) is 4.79 Å². The number of carboxylic acid groups (broad SMARTS) is 1. The number of aromatic nitrogens is 2. The first-order chi connectivity index (χ1) is 15.5. The molecule has 1 aromatic heterocycles. The molecule has 1 fully saturated rings. The standard InChI is InChI=1S/C20H26N4O2.C2HF3O2/c1-13-8-14(23(2)22-13)9-24-10-17-15-6-4-5-7-16(15)20(18(17)11-24)21-19(25)12-26-3;3-2(4,5)1(6)7/h4-8,17-18,20H,9-12H2,1-3H3,(H,21,25);(H,6,7)/t17-,18-,20+;/m0./s1. The van der Waals surface area contributed by atoms with E-state index in [0.29, 0.717) is 11.8 Å². The number of alkyl halides is 3. The number of nitrogens with one attached hydrogen (secondary N) is 1. The number of carbonyl (C=O) groups is 2. The number of methoxy groups -OCH3 is 1. The van der Waals surface area contributed by atoms with Crippen LogP contribution >= 0.6 is 0 Å². The van der Waals surface area contributed by atoms with E-state index in [-0.39, 0.29) is 18.6 Å². The minimum absolute atomic E-state index is 0.0475. The van der Waals surface area contributed by atoms with E-state index >= 15 is 0 Å². The van der Waals surface area contributed by atoms with Gasteiger partial charge in [-0.1, -0.05) is 24.3 Å². The lowest BCUT2D eigenvalue weighted by molar-refractivity contribution is -0.192. The predicted octanol–water partition coefficient (Wildman–Crippen LogP) is 2.39. The Kier molecular flexibility index (Phi) is 7.43. The van der Waals surface area contributed by atoms with Crippen LogP contribution in [0.15, 0.2) is 30.3 Å². The summed E-state index contributed by atoms with van der Waals surface area (Å²) in [6, 6.07) is 10.7. The Balaban J connectivity index is 0.000000383. The van der Waals surface area contributed by atoms with Crippen LogP contribution < -0.4 is 5.32 Å². The van der Waals surface area contributed by atoms with Crippen molar-refractivity contribution in [3.8, 4) is 0 Å². The zero-order chi connectivity index (χ0) is 24.3. The molecule has 3 atom stereocenters. The van der Waals surface area contributed by atoms with Gasteiger partial charge in [0.05, 0.1) is 17.4 Å². The van der Waals surface area contributed by atoms with E-state index in [1.54, 1.807) is 7.11 Å². The Bertz CT molecular complexity index is 1010. The largest absolute Gasteiger partial charge is 0.490 e. The lowest BCUT2D eigenvalue weighted by Gasteiger charge is -2.23. The Morgan fingerprint density at radius 1 is 1.24 bits per heavy atom. The molecular weight excluding hydrogens is 441 g/mol. The molecule has 11 heteroatoms. The molecule has 0 unspecified atom stereocenters. The van der Waals surface area contributed by atoms with Gasteiger partial charge >= 0.3 is 12.1 Å². The number of aliphatic carboxylic acids is 1. The number of fused-ring (bicyclic) bond motifs is 3. The normalized spacial score (nSPS) is 21.7. The van der Waals surface area contributed by atoms with Crippen LogP contribution in [0.3, 0.4) is 0 Å². The summed E-state index contributed by atoms with van der Waals surface area (Å²) in [6.07, 6.45) is -5.08. The average Bonchev–Trinajstić information content (AvgIpc) is 3.36. The maximum absolute atomic E-state index is 12.2. The van der Waals surface area contributed by atoms with Gasteiger partial charge in [-0.2, -0.15) is 18.3 Å². The molecular formula is C22H27F3N4O4. The van der Waals surface area contributed by atoms with E-state index in [1.807, 2.05) is 18.7 Å². The number of halogens is 3. The summed E-state index contributed by atoms with van der Waals surface area (Å²) in [4.78, 5) is 23.5. The molecule has 0 bridgehead atoms. The van der Waals surface area contributed by atoms with Crippen molar-refractivity contribution in [2.45, 2.75) is 31.6 Å². The Labute approximate surface area is 189 Å². The second-order valence-electron chi connectivity index (χ2n) is 8.28. The van der Waals surface area contributed by atoms with Crippen LogP contribution in [0.4, 0.5) is 13.2 Å². The first-order valence-corrected chi connectivity index (χ1v) is 10.4. The molecule has 33 heavy (non-hydrogen) atoms. The highest BCUT2D eigenvalue weighted by atomic mass is 19.4. The van der Waals surface area contributed by atoms with Crippen molar-refractivity contribution in [3.05, 3.63) is 52.8 Å². The summed E-state index contributed by atoms with van der Waals surface area (Å²) in [5, 5.41) is 14.8. The number of likely N-dealkylation sites (tertiary alicyclic amines) is 1. The van der Waals surface area contributed by atoms with Gasteiger partial charge in [0.15, 0.2) is 0 Å². The van der Waals surface area contributed by atoms with E-state index in [2.05, 4.69) is 45.6 Å². The van der Waals surface area contributed by atoms with Gasteiger partial charge in [0, 0.05) is 45.6 Å². The van der Waals surface area contributed by atoms with Crippen molar-refractivity contribution in [2.24, 2.45) is 13.0 Å². The first-order valence-electron chi connectivity index (χ1n) is 10.4. The Morgan fingerprint density at radius 3 is 2.42 bits per heavy atom. The lowest BCUT2D eigenvalue weighted by atomic mass is 9.94. The highest BCUT2D eigenvalue weighted by molar-refractivity contribution is 5.78. The monoisotopic (exact) mass is 468 g/mol. The molecule has 0 spiro atoms. The second kappa shape index (κ2) is 9.92. The van der Waals surface area contributed by atoms with Gasteiger partial charge in [-0.05, 0) is 24.1 Å². The Hall–Kier alpha value is -2.92. The topological polar surface area (TPSA) is 96.7 Å². The summed E-state index contributed by atoms with van der Waals surface area (Å²) >= 11 is 0. The van der Waals surface area contributed by atoms with E-state index in [1.165, 1.54) is 16.8 Å². The van der Waals surface area contributed by atoms with Crippen LogP contribution in [-0.4, -0.2) is 64.6 Å².